The fraction of sp³-hybridized carbons (Fsp3) is 0.762. The number of amides is 1. The van der Waals surface area contributed by atoms with Crippen molar-refractivity contribution in [2.45, 2.75) is 70.4 Å². The number of anilines is 2. The first kappa shape index (κ1) is 19.4. The molecular weight excluding hydrogens is 352 g/mol. The quantitative estimate of drug-likeness (QED) is 0.805. The molecule has 7 nitrogen and oxygen atoms in total. The maximum Gasteiger partial charge on any atom is 0.237 e. The molecular formula is C21H34N6O. The van der Waals surface area contributed by atoms with E-state index in [1.54, 1.807) is 0 Å². The normalized spacial score (nSPS) is 24.3. The summed E-state index contributed by atoms with van der Waals surface area (Å²) < 4.78 is 0. The van der Waals surface area contributed by atoms with Gasteiger partial charge in [-0.1, -0.05) is 6.92 Å². The third kappa shape index (κ3) is 4.57. The Bertz CT molecular complexity index is 667. The highest BCUT2D eigenvalue weighted by Gasteiger charge is 2.27. The minimum atomic E-state index is -0.0217. The van der Waals surface area contributed by atoms with Gasteiger partial charge in [-0.15, -0.1) is 0 Å². The molecule has 1 amide bonds. The number of rotatable bonds is 5. The maximum atomic E-state index is 12.2. The van der Waals surface area contributed by atoms with Crippen LogP contribution >= 0.6 is 0 Å². The Kier molecular flexibility index (Phi) is 6.29. The summed E-state index contributed by atoms with van der Waals surface area (Å²) in [5.74, 6) is 2.15. The summed E-state index contributed by atoms with van der Waals surface area (Å²) in [6.45, 7) is 7.08. The van der Waals surface area contributed by atoms with E-state index in [1.165, 1.54) is 12.8 Å². The van der Waals surface area contributed by atoms with E-state index in [9.17, 15) is 4.79 Å². The fourth-order valence-corrected chi connectivity index (χ4v) is 4.53. The Balaban J connectivity index is 1.37. The first-order chi connectivity index (χ1) is 13.7. The van der Waals surface area contributed by atoms with Gasteiger partial charge in [0.1, 0.15) is 5.82 Å². The van der Waals surface area contributed by atoms with Gasteiger partial charge in [-0.2, -0.15) is 4.98 Å². The van der Waals surface area contributed by atoms with Crippen molar-refractivity contribution in [1.82, 2.24) is 20.6 Å². The molecule has 4 rings (SSSR count). The summed E-state index contributed by atoms with van der Waals surface area (Å²) in [6, 6.07) is 2.55. The largest absolute Gasteiger partial charge is 0.356 e. The molecule has 0 aromatic carbocycles. The molecule has 0 aliphatic carbocycles. The summed E-state index contributed by atoms with van der Waals surface area (Å²) in [6.07, 6.45) is 8.68. The smallest absolute Gasteiger partial charge is 0.237 e. The van der Waals surface area contributed by atoms with Crippen LogP contribution in [0.1, 0.15) is 57.6 Å². The zero-order valence-corrected chi connectivity index (χ0v) is 17.1. The second kappa shape index (κ2) is 9.07. The maximum absolute atomic E-state index is 12.2. The second-order valence-electron chi connectivity index (χ2n) is 8.33. The first-order valence-electron chi connectivity index (χ1n) is 11.1. The van der Waals surface area contributed by atoms with Crippen LogP contribution < -0.4 is 20.4 Å². The van der Waals surface area contributed by atoms with Gasteiger partial charge >= 0.3 is 0 Å². The van der Waals surface area contributed by atoms with Gasteiger partial charge in [0, 0.05) is 50.5 Å². The van der Waals surface area contributed by atoms with Crippen molar-refractivity contribution in [1.29, 1.82) is 0 Å². The lowest BCUT2D eigenvalue weighted by Crippen LogP contribution is -2.51. The fourth-order valence-electron chi connectivity index (χ4n) is 4.53. The number of nitrogens with zero attached hydrogens (tertiary/aromatic N) is 4. The second-order valence-corrected chi connectivity index (χ2v) is 8.33. The van der Waals surface area contributed by atoms with Crippen LogP contribution in [0.5, 0.6) is 0 Å². The zero-order chi connectivity index (χ0) is 19.3. The highest BCUT2D eigenvalue weighted by molar-refractivity contribution is 5.81. The molecule has 3 fully saturated rings. The van der Waals surface area contributed by atoms with E-state index in [0.717, 1.165) is 88.7 Å². The summed E-state index contributed by atoms with van der Waals surface area (Å²) in [7, 11) is 0. The molecule has 2 N–H and O–H groups in total. The summed E-state index contributed by atoms with van der Waals surface area (Å²) in [4.78, 5) is 26.6. The number of aryl methyl sites for hydroxylation is 1. The number of nitrogens with one attached hydrogen (secondary N) is 2. The zero-order valence-electron chi connectivity index (χ0n) is 17.1. The molecule has 3 saturated heterocycles. The van der Waals surface area contributed by atoms with Crippen LogP contribution in [-0.2, 0) is 11.2 Å². The lowest BCUT2D eigenvalue weighted by atomic mass is 10.0. The van der Waals surface area contributed by atoms with Gasteiger partial charge in [0.2, 0.25) is 11.9 Å². The molecule has 3 aliphatic rings. The minimum absolute atomic E-state index is 0.0217. The van der Waals surface area contributed by atoms with E-state index < -0.39 is 0 Å². The highest BCUT2D eigenvalue weighted by Crippen LogP contribution is 2.24. The molecule has 1 unspecified atom stereocenters. The van der Waals surface area contributed by atoms with Crippen LogP contribution in [-0.4, -0.2) is 60.7 Å². The Labute approximate surface area is 168 Å². The molecule has 0 spiro atoms. The van der Waals surface area contributed by atoms with Crippen molar-refractivity contribution in [3.63, 3.8) is 0 Å². The SMILES string of the molecule is CCc1cc(N2CCC(NC3CCCCNC3=O)CC2)nc(N2CCCC2)n1. The molecule has 3 aliphatic heterocycles. The van der Waals surface area contributed by atoms with E-state index in [2.05, 4.69) is 33.4 Å². The van der Waals surface area contributed by atoms with Crippen LogP contribution in [0, 0.1) is 0 Å². The van der Waals surface area contributed by atoms with Crippen LogP contribution in [0.15, 0.2) is 6.07 Å². The molecule has 4 heterocycles. The number of piperidine rings is 1. The average molecular weight is 387 g/mol. The molecule has 1 aromatic heterocycles. The van der Waals surface area contributed by atoms with Gasteiger partial charge in [0.15, 0.2) is 0 Å². The lowest BCUT2D eigenvalue weighted by molar-refractivity contribution is -0.123. The van der Waals surface area contributed by atoms with Gasteiger partial charge in [0.25, 0.3) is 0 Å². The molecule has 1 aromatic rings. The summed E-state index contributed by atoms with van der Waals surface area (Å²) in [5, 5.41) is 6.65. The van der Waals surface area contributed by atoms with E-state index >= 15 is 0 Å². The number of hydrogen-bond acceptors (Lipinski definition) is 6. The lowest BCUT2D eigenvalue weighted by Gasteiger charge is -2.35. The van der Waals surface area contributed by atoms with E-state index in [4.69, 9.17) is 9.97 Å². The highest BCUT2D eigenvalue weighted by atomic mass is 16.2. The van der Waals surface area contributed by atoms with Crippen LogP contribution in [0.4, 0.5) is 11.8 Å². The molecule has 28 heavy (non-hydrogen) atoms. The predicted molar refractivity (Wildman–Crippen MR) is 112 cm³/mol. The van der Waals surface area contributed by atoms with E-state index in [-0.39, 0.29) is 11.9 Å². The number of carbonyl (C=O) groups is 1. The van der Waals surface area contributed by atoms with Gasteiger partial charge in [0.05, 0.1) is 6.04 Å². The van der Waals surface area contributed by atoms with Crippen LogP contribution in [0.2, 0.25) is 0 Å². The Morgan fingerprint density at radius 3 is 2.57 bits per heavy atom. The topological polar surface area (TPSA) is 73.4 Å². The number of carbonyl (C=O) groups excluding carboxylic acids is 1. The van der Waals surface area contributed by atoms with Gasteiger partial charge < -0.3 is 20.4 Å². The summed E-state index contributed by atoms with van der Waals surface area (Å²) in [5.41, 5.74) is 1.13. The average Bonchev–Trinajstić information content (AvgIpc) is 3.20. The van der Waals surface area contributed by atoms with Crippen molar-refractivity contribution in [3.8, 4) is 0 Å². The standard InChI is InChI=1S/C21H34N6O/c1-2-16-15-19(25-21(24-16)27-11-5-6-12-27)26-13-8-17(9-14-26)23-18-7-3-4-10-22-20(18)28/h15,17-18,23H,2-14H2,1H3,(H,22,28). The third-order valence-electron chi connectivity index (χ3n) is 6.30. The molecule has 0 radical (unpaired) electrons. The van der Waals surface area contributed by atoms with Crippen molar-refractivity contribution in [2.75, 3.05) is 42.5 Å². The van der Waals surface area contributed by atoms with Gasteiger partial charge in [-0.3, -0.25) is 4.79 Å². The summed E-state index contributed by atoms with van der Waals surface area (Å²) >= 11 is 0. The van der Waals surface area contributed by atoms with Crippen molar-refractivity contribution < 1.29 is 4.79 Å². The van der Waals surface area contributed by atoms with Crippen molar-refractivity contribution in [2.24, 2.45) is 0 Å². The molecule has 154 valence electrons. The molecule has 1 atom stereocenters. The van der Waals surface area contributed by atoms with E-state index in [0.29, 0.717) is 6.04 Å². The third-order valence-corrected chi connectivity index (χ3v) is 6.30. The molecule has 0 bridgehead atoms. The van der Waals surface area contributed by atoms with Crippen LogP contribution in [0.25, 0.3) is 0 Å². The number of hydrogen-bond donors (Lipinski definition) is 2. The molecule has 7 heteroatoms. The first-order valence-corrected chi connectivity index (χ1v) is 11.1. The Morgan fingerprint density at radius 1 is 1.04 bits per heavy atom. The van der Waals surface area contributed by atoms with E-state index in [1.807, 2.05) is 0 Å². The minimum Gasteiger partial charge on any atom is -0.356 e. The van der Waals surface area contributed by atoms with Gasteiger partial charge in [-0.25, -0.2) is 4.98 Å². The predicted octanol–water partition coefficient (Wildman–Crippen LogP) is 1.87. The Hall–Kier alpha value is -1.89. The number of aromatic nitrogens is 2. The Morgan fingerprint density at radius 2 is 1.82 bits per heavy atom. The van der Waals surface area contributed by atoms with Crippen molar-refractivity contribution in [3.05, 3.63) is 11.8 Å². The van der Waals surface area contributed by atoms with Crippen LogP contribution in [0.3, 0.4) is 0 Å². The monoisotopic (exact) mass is 386 g/mol. The van der Waals surface area contributed by atoms with Crippen molar-refractivity contribution >= 4 is 17.7 Å². The van der Waals surface area contributed by atoms with Gasteiger partial charge in [-0.05, 0) is 51.4 Å². The molecule has 0 saturated carbocycles.